The van der Waals surface area contributed by atoms with Gasteiger partial charge in [-0.25, -0.2) is 0 Å². The standard InChI is InChI=1S/C17H22O2/c1-3-8-15-13(10-7-12-17(15)19-2)14-9-5-4-6-11-16(14)18/h3,7,10,12,14H,1,4-6,8-9,11H2,2H3. The zero-order chi connectivity index (χ0) is 13.7. The SMILES string of the molecule is C=CCc1c(OC)cccc1C1CCCCCC1=O. The second-order valence-corrected chi connectivity index (χ2v) is 5.14. The van der Waals surface area contributed by atoms with Gasteiger partial charge in [0.15, 0.2) is 0 Å². The zero-order valence-electron chi connectivity index (χ0n) is 11.7. The number of benzene rings is 1. The van der Waals surface area contributed by atoms with E-state index in [1.54, 1.807) is 7.11 Å². The van der Waals surface area contributed by atoms with E-state index in [0.29, 0.717) is 5.78 Å². The maximum Gasteiger partial charge on any atom is 0.140 e. The Kier molecular flexibility index (Phi) is 4.78. The third-order valence-electron chi connectivity index (χ3n) is 3.92. The van der Waals surface area contributed by atoms with E-state index in [-0.39, 0.29) is 5.92 Å². The second kappa shape index (κ2) is 6.55. The fourth-order valence-corrected chi connectivity index (χ4v) is 2.95. The fraction of sp³-hybridized carbons (Fsp3) is 0.471. The van der Waals surface area contributed by atoms with E-state index in [1.807, 2.05) is 18.2 Å². The summed E-state index contributed by atoms with van der Waals surface area (Å²) >= 11 is 0. The molecule has 1 unspecified atom stereocenters. The Labute approximate surface area is 115 Å². The van der Waals surface area contributed by atoms with E-state index in [4.69, 9.17) is 4.74 Å². The molecule has 2 heteroatoms. The van der Waals surface area contributed by atoms with E-state index in [1.165, 1.54) is 6.42 Å². The molecule has 19 heavy (non-hydrogen) atoms. The van der Waals surface area contributed by atoms with Gasteiger partial charge in [0.1, 0.15) is 11.5 Å². The molecule has 0 aliphatic heterocycles. The molecule has 0 N–H and O–H groups in total. The van der Waals surface area contributed by atoms with Crippen molar-refractivity contribution >= 4 is 5.78 Å². The minimum absolute atomic E-state index is 0.0487. The van der Waals surface area contributed by atoms with Crippen LogP contribution in [0.4, 0.5) is 0 Å². The number of carbonyl (C=O) groups is 1. The first-order chi connectivity index (χ1) is 9.27. The molecule has 0 aromatic heterocycles. The highest BCUT2D eigenvalue weighted by molar-refractivity contribution is 5.86. The van der Waals surface area contributed by atoms with Gasteiger partial charge in [-0.1, -0.05) is 31.1 Å². The number of carbonyl (C=O) groups excluding carboxylic acids is 1. The van der Waals surface area contributed by atoms with Gasteiger partial charge in [0.25, 0.3) is 0 Å². The number of methoxy groups -OCH3 is 1. The molecule has 2 rings (SSSR count). The minimum atomic E-state index is 0.0487. The van der Waals surface area contributed by atoms with Crippen LogP contribution in [-0.4, -0.2) is 12.9 Å². The summed E-state index contributed by atoms with van der Waals surface area (Å²) in [6, 6.07) is 6.03. The molecule has 0 radical (unpaired) electrons. The smallest absolute Gasteiger partial charge is 0.140 e. The highest BCUT2D eigenvalue weighted by atomic mass is 16.5. The molecule has 1 aliphatic carbocycles. The molecule has 1 fully saturated rings. The lowest BCUT2D eigenvalue weighted by Gasteiger charge is -2.19. The van der Waals surface area contributed by atoms with Crippen LogP contribution in [0.15, 0.2) is 30.9 Å². The lowest BCUT2D eigenvalue weighted by Crippen LogP contribution is -2.13. The van der Waals surface area contributed by atoms with Crippen molar-refractivity contribution in [2.24, 2.45) is 0 Å². The number of hydrogen-bond acceptors (Lipinski definition) is 2. The first-order valence-electron chi connectivity index (χ1n) is 7.07. The molecule has 0 saturated heterocycles. The summed E-state index contributed by atoms with van der Waals surface area (Å²) in [7, 11) is 1.68. The summed E-state index contributed by atoms with van der Waals surface area (Å²) in [4.78, 5) is 12.3. The monoisotopic (exact) mass is 258 g/mol. The van der Waals surface area contributed by atoms with Gasteiger partial charge in [-0.05, 0) is 30.9 Å². The molecule has 0 amide bonds. The second-order valence-electron chi connectivity index (χ2n) is 5.14. The number of Topliss-reactive ketones (excluding diaryl/α,β-unsaturated/α-hetero) is 1. The summed E-state index contributed by atoms with van der Waals surface area (Å²) in [5, 5.41) is 0. The first-order valence-corrected chi connectivity index (χ1v) is 7.07. The highest BCUT2D eigenvalue weighted by Crippen LogP contribution is 2.35. The summed E-state index contributed by atoms with van der Waals surface area (Å²) < 4.78 is 5.44. The van der Waals surface area contributed by atoms with Gasteiger partial charge >= 0.3 is 0 Å². The maximum atomic E-state index is 12.3. The molecule has 0 spiro atoms. The van der Waals surface area contributed by atoms with Gasteiger partial charge in [0.2, 0.25) is 0 Å². The molecule has 0 heterocycles. The van der Waals surface area contributed by atoms with E-state index in [0.717, 1.165) is 49.0 Å². The Hall–Kier alpha value is -1.57. The number of ether oxygens (including phenoxy) is 1. The van der Waals surface area contributed by atoms with Crippen molar-refractivity contribution in [2.75, 3.05) is 7.11 Å². The molecule has 1 aliphatic rings. The summed E-state index contributed by atoms with van der Waals surface area (Å²) in [6.07, 6.45) is 7.66. The van der Waals surface area contributed by atoms with Gasteiger partial charge in [-0.3, -0.25) is 4.79 Å². The van der Waals surface area contributed by atoms with Crippen molar-refractivity contribution in [2.45, 2.75) is 44.4 Å². The van der Waals surface area contributed by atoms with E-state index >= 15 is 0 Å². The first kappa shape index (κ1) is 13.9. The van der Waals surface area contributed by atoms with Gasteiger partial charge in [0, 0.05) is 17.9 Å². The van der Waals surface area contributed by atoms with Crippen molar-refractivity contribution in [3.8, 4) is 5.75 Å². The van der Waals surface area contributed by atoms with Crippen LogP contribution in [-0.2, 0) is 11.2 Å². The Bertz CT molecular complexity index is 462. The zero-order valence-corrected chi connectivity index (χ0v) is 11.7. The molecular weight excluding hydrogens is 236 g/mol. The lowest BCUT2D eigenvalue weighted by atomic mass is 9.86. The van der Waals surface area contributed by atoms with Crippen molar-refractivity contribution in [1.29, 1.82) is 0 Å². The van der Waals surface area contributed by atoms with E-state index in [9.17, 15) is 4.79 Å². The van der Waals surface area contributed by atoms with Gasteiger partial charge in [0.05, 0.1) is 7.11 Å². The number of rotatable bonds is 4. The summed E-state index contributed by atoms with van der Waals surface area (Å²) in [5.74, 6) is 1.30. The molecule has 102 valence electrons. The van der Waals surface area contributed by atoms with E-state index in [2.05, 4.69) is 12.6 Å². The Morgan fingerprint density at radius 2 is 2.21 bits per heavy atom. The third kappa shape index (κ3) is 3.06. The van der Waals surface area contributed by atoms with Crippen LogP contribution in [0.3, 0.4) is 0 Å². The summed E-state index contributed by atoms with van der Waals surface area (Å²) in [5.41, 5.74) is 2.27. The molecule has 1 aromatic rings. The number of hydrogen-bond donors (Lipinski definition) is 0. The van der Waals surface area contributed by atoms with Crippen molar-refractivity contribution < 1.29 is 9.53 Å². The quantitative estimate of drug-likeness (QED) is 0.602. The lowest BCUT2D eigenvalue weighted by molar-refractivity contribution is -0.120. The summed E-state index contributed by atoms with van der Waals surface area (Å²) in [6.45, 7) is 3.81. The molecular formula is C17H22O2. The van der Waals surface area contributed by atoms with Gasteiger partial charge in [-0.15, -0.1) is 6.58 Å². The van der Waals surface area contributed by atoms with Crippen LogP contribution in [0.1, 0.15) is 49.1 Å². The Morgan fingerprint density at radius 1 is 1.37 bits per heavy atom. The Morgan fingerprint density at radius 3 is 2.95 bits per heavy atom. The van der Waals surface area contributed by atoms with Gasteiger partial charge in [-0.2, -0.15) is 0 Å². The van der Waals surface area contributed by atoms with Gasteiger partial charge < -0.3 is 4.74 Å². The van der Waals surface area contributed by atoms with Crippen molar-refractivity contribution in [1.82, 2.24) is 0 Å². The average Bonchev–Trinajstić information content (AvgIpc) is 2.64. The van der Waals surface area contributed by atoms with Crippen LogP contribution in [0, 0.1) is 0 Å². The highest BCUT2D eigenvalue weighted by Gasteiger charge is 2.25. The predicted octanol–water partition coefficient (Wildman–Crippen LogP) is 4.04. The molecule has 1 aromatic carbocycles. The predicted molar refractivity (Wildman–Crippen MR) is 77.7 cm³/mol. The topological polar surface area (TPSA) is 26.3 Å². The normalized spacial score (nSPS) is 19.8. The number of ketones is 1. The van der Waals surface area contributed by atoms with Crippen molar-refractivity contribution in [3.05, 3.63) is 42.0 Å². The Balaban J connectivity index is 2.41. The van der Waals surface area contributed by atoms with Crippen LogP contribution < -0.4 is 4.74 Å². The average molecular weight is 258 g/mol. The van der Waals surface area contributed by atoms with Crippen LogP contribution >= 0.6 is 0 Å². The molecule has 1 atom stereocenters. The molecule has 0 bridgehead atoms. The van der Waals surface area contributed by atoms with Crippen LogP contribution in [0.2, 0.25) is 0 Å². The third-order valence-corrected chi connectivity index (χ3v) is 3.92. The minimum Gasteiger partial charge on any atom is -0.496 e. The largest absolute Gasteiger partial charge is 0.496 e. The van der Waals surface area contributed by atoms with Crippen LogP contribution in [0.5, 0.6) is 5.75 Å². The fourth-order valence-electron chi connectivity index (χ4n) is 2.95. The maximum absolute atomic E-state index is 12.3. The van der Waals surface area contributed by atoms with Crippen LogP contribution in [0.25, 0.3) is 0 Å². The molecule has 1 saturated carbocycles. The van der Waals surface area contributed by atoms with Crippen molar-refractivity contribution in [3.63, 3.8) is 0 Å². The van der Waals surface area contributed by atoms with E-state index < -0.39 is 0 Å². The molecule has 2 nitrogen and oxygen atoms in total. The number of allylic oxidation sites excluding steroid dienone is 1.